The molecular weight excluding hydrogens is 486 g/mol. The normalized spacial score (nSPS) is 11.5. The Morgan fingerprint density at radius 2 is 1.54 bits per heavy atom. The number of aromatic hydroxyl groups is 1. The molecular formula is C29H37NO6Si. The highest BCUT2D eigenvalue weighted by Gasteiger charge is 2.27. The van der Waals surface area contributed by atoms with Crippen LogP contribution in [0.15, 0.2) is 72.8 Å². The predicted octanol–water partition coefficient (Wildman–Crippen LogP) is 6.63. The molecule has 0 spiro atoms. The molecule has 1 amide bonds. The van der Waals surface area contributed by atoms with Crippen molar-refractivity contribution in [2.24, 2.45) is 0 Å². The van der Waals surface area contributed by atoms with Crippen molar-refractivity contribution >= 4 is 19.9 Å². The summed E-state index contributed by atoms with van der Waals surface area (Å²) >= 11 is 0. The van der Waals surface area contributed by atoms with Crippen LogP contribution >= 0.6 is 0 Å². The molecule has 0 radical (unpaired) electrons. The predicted molar refractivity (Wildman–Crippen MR) is 148 cm³/mol. The number of phenols is 1. The smallest absolute Gasteiger partial charge is 0.446 e. The van der Waals surface area contributed by atoms with Gasteiger partial charge in [-0.05, 0) is 29.3 Å². The van der Waals surface area contributed by atoms with Gasteiger partial charge in [0.15, 0.2) is 6.29 Å². The van der Waals surface area contributed by atoms with Crippen LogP contribution in [-0.2, 0) is 32.2 Å². The first kappa shape index (κ1) is 28.4. The number of carbonyl (C=O) groups is 1. The minimum Gasteiger partial charge on any atom is -0.507 e. The van der Waals surface area contributed by atoms with Gasteiger partial charge in [0.25, 0.3) is 0 Å². The maximum atomic E-state index is 13.4. The summed E-state index contributed by atoms with van der Waals surface area (Å²) in [7, 11) is 1.72. The van der Waals surface area contributed by atoms with E-state index in [4.69, 9.17) is 19.2 Å². The summed E-state index contributed by atoms with van der Waals surface area (Å²) in [6.45, 7) is 7.24. The summed E-state index contributed by atoms with van der Waals surface area (Å²) in [5, 5.41) is 11.4. The Morgan fingerprint density at radius 3 is 2.14 bits per heavy atom. The molecule has 3 rings (SSSR count). The molecule has 0 atom stereocenters. The molecule has 0 unspecified atom stereocenters. The van der Waals surface area contributed by atoms with Crippen LogP contribution in [0.25, 0.3) is 11.1 Å². The van der Waals surface area contributed by atoms with Gasteiger partial charge in [-0.2, -0.15) is 4.89 Å². The fourth-order valence-corrected chi connectivity index (χ4v) is 4.55. The van der Waals surface area contributed by atoms with Crippen LogP contribution in [0.2, 0.25) is 25.7 Å². The molecule has 1 N–H and O–H groups in total. The fourth-order valence-electron chi connectivity index (χ4n) is 3.86. The first-order chi connectivity index (χ1) is 17.7. The SMILES string of the molecule is COC(Cc1c(N(Cc2ccccc2)C(=O)OOCC[Si](C)(C)C)ccc(-c2ccccc2)c1O)OC. The number of carbonyl (C=O) groups excluding carboxylic acids is 1. The molecule has 3 aromatic rings. The lowest BCUT2D eigenvalue weighted by atomic mass is 9.97. The van der Waals surface area contributed by atoms with Crippen LogP contribution in [0.4, 0.5) is 10.5 Å². The van der Waals surface area contributed by atoms with E-state index in [1.165, 1.54) is 19.1 Å². The minimum atomic E-state index is -1.35. The van der Waals surface area contributed by atoms with Gasteiger partial charge in [0.2, 0.25) is 0 Å². The fraction of sp³-hybridized carbons (Fsp3) is 0.345. The average Bonchev–Trinajstić information content (AvgIpc) is 2.89. The molecule has 3 aromatic carbocycles. The van der Waals surface area contributed by atoms with Crippen LogP contribution in [0, 0.1) is 0 Å². The molecule has 0 saturated carbocycles. The van der Waals surface area contributed by atoms with Gasteiger partial charge in [-0.25, -0.2) is 4.79 Å². The van der Waals surface area contributed by atoms with E-state index in [9.17, 15) is 9.90 Å². The number of ether oxygens (including phenoxy) is 2. The Hall–Kier alpha value is -3.17. The lowest BCUT2D eigenvalue weighted by molar-refractivity contribution is -0.232. The average molecular weight is 524 g/mol. The highest BCUT2D eigenvalue weighted by molar-refractivity contribution is 6.76. The van der Waals surface area contributed by atoms with Gasteiger partial charge >= 0.3 is 6.09 Å². The molecule has 7 nitrogen and oxygen atoms in total. The van der Waals surface area contributed by atoms with E-state index >= 15 is 0 Å². The van der Waals surface area contributed by atoms with E-state index in [1.54, 1.807) is 6.07 Å². The summed E-state index contributed by atoms with van der Waals surface area (Å²) in [5.74, 6) is 0.0494. The van der Waals surface area contributed by atoms with Gasteiger partial charge in [0, 0.05) is 39.8 Å². The Labute approximate surface area is 220 Å². The third kappa shape index (κ3) is 8.16. The lowest BCUT2D eigenvalue weighted by Gasteiger charge is -2.27. The molecule has 37 heavy (non-hydrogen) atoms. The second-order valence-corrected chi connectivity index (χ2v) is 15.6. The number of phenolic OH excluding ortho intramolecular Hbond substituents is 1. The monoisotopic (exact) mass is 523 g/mol. The van der Waals surface area contributed by atoms with E-state index in [-0.39, 0.29) is 18.7 Å². The lowest BCUT2D eigenvalue weighted by Crippen LogP contribution is -2.33. The first-order valence-corrected chi connectivity index (χ1v) is 16.0. The molecule has 0 fully saturated rings. The second-order valence-electron chi connectivity index (χ2n) is 9.98. The molecule has 0 aliphatic carbocycles. The van der Waals surface area contributed by atoms with Crippen LogP contribution in [0.3, 0.4) is 0 Å². The van der Waals surface area contributed by atoms with Gasteiger partial charge in [0.05, 0.1) is 18.8 Å². The summed E-state index contributed by atoms with van der Waals surface area (Å²) in [6, 6.07) is 23.6. The standard InChI is InChI=1S/C29H37NO6Si/c1-33-27(34-2)20-25-26(17-16-24(28(25)31)23-14-10-7-11-15-23)30(21-22-12-8-6-9-13-22)29(32)36-35-18-19-37(3,4)5/h6-17,27,31H,18-21H2,1-5H3. The van der Waals surface area contributed by atoms with Crippen molar-refractivity contribution < 1.29 is 29.1 Å². The highest BCUT2D eigenvalue weighted by atomic mass is 28.3. The Kier molecular flexibility index (Phi) is 10.3. The largest absolute Gasteiger partial charge is 0.507 e. The molecule has 0 saturated heterocycles. The summed E-state index contributed by atoms with van der Waals surface area (Å²) < 4.78 is 10.9. The number of hydrogen-bond acceptors (Lipinski definition) is 6. The molecule has 0 aromatic heterocycles. The number of benzene rings is 3. The second kappa shape index (κ2) is 13.4. The molecule has 0 heterocycles. The number of methoxy groups -OCH3 is 2. The van der Waals surface area contributed by atoms with Crippen LogP contribution in [0.5, 0.6) is 5.75 Å². The van der Waals surface area contributed by atoms with E-state index < -0.39 is 20.5 Å². The van der Waals surface area contributed by atoms with E-state index in [0.29, 0.717) is 23.4 Å². The molecule has 0 aliphatic heterocycles. The number of nitrogens with zero attached hydrogens (tertiary/aromatic N) is 1. The van der Waals surface area contributed by atoms with Gasteiger partial charge in [-0.3, -0.25) is 9.79 Å². The topological polar surface area (TPSA) is 77.5 Å². The first-order valence-electron chi connectivity index (χ1n) is 12.3. The molecule has 198 valence electrons. The van der Waals surface area contributed by atoms with Gasteiger partial charge in [0.1, 0.15) is 5.75 Å². The van der Waals surface area contributed by atoms with E-state index in [0.717, 1.165) is 17.2 Å². The van der Waals surface area contributed by atoms with Crippen molar-refractivity contribution in [1.29, 1.82) is 0 Å². The van der Waals surface area contributed by atoms with Crippen LogP contribution in [0.1, 0.15) is 11.1 Å². The Bertz CT molecular complexity index is 1130. The third-order valence-corrected chi connectivity index (χ3v) is 7.70. The summed E-state index contributed by atoms with van der Waals surface area (Å²) in [4.78, 5) is 25.4. The molecule has 0 aliphatic rings. The maximum Gasteiger partial charge on any atom is 0.446 e. The summed E-state index contributed by atoms with van der Waals surface area (Å²) in [5.41, 5.74) is 3.38. The van der Waals surface area contributed by atoms with Crippen molar-refractivity contribution in [3.63, 3.8) is 0 Å². The van der Waals surface area contributed by atoms with Crippen molar-refractivity contribution in [2.75, 3.05) is 25.7 Å². The number of hydrogen-bond donors (Lipinski definition) is 1. The van der Waals surface area contributed by atoms with Gasteiger partial charge in [-0.15, -0.1) is 0 Å². The van der Waals surface area contributed by atoms with E-state index in [1.807, 2.05) is 66.7 Å². The minimum absolute atomic E-state index is 0.0494. The van der Waals surface area contributed by atoms with Gasteiger partial charge < -0.3 is 14.6 Å². The maximum absolute atomic E-state index is 13.4. The van der Waals surface area contributed by atoms with Crippen LogP contribution < -0.4 is 4.90 Å². The van der Waals surface area contributed by atoms with Crippen molar-refractivity contribution in [2.45, 2.75) is 44.9 Å². The zero-order valence-corrected chi connectivity index (χ0v) is 23.3. The third-order valence-electron chi connectivity index (χ3n) is 6.00. The number of anilines is 1. The van der Waals surface area contributed by atoms with Gasteiger partial charge in [-0.1, -0.05) is 80.3 Å². The van der Waals surface area contributed by atoms with Crippen molar-refractivity contribution in [3.05, 3.63) is 83.9 Å². The zero-order chi connectivity index (χ0) is 26.8. The number of rotatable bonds is 12. The van der Waals surface area contributed by atoms with Crippen molar-refractivity contribution in [1.82, 2.24) is 0 Å². The highest BCUT2D eigenvalue weighted by Crippen LogP contribution is 2.39. The number of amides is 1. The quantitative estimate of drug-likeness (QED) is 0.0943. The Balaban J connectivity index is 2.02. The molecule has 0 bridgehead atoms. The van der Waals surface area contributed by atoms with Crippen molar-refractivity contribution in [3.8, 4) is 16.9 Å². The Morgan fingerprint density at radius 1 is 0.919 bits per heavy atom. The zero-order valence-electron chi connectivity index (χ0n) is 22.3. The summed E-state index contributed by atoms with van der Waals surface area (Å²) in [6.07, 6.45) is -1.08. The van der Waals surface area contributed by atoms with Crippen LogP contribution in [-0.4, -0.2) is 46.4 Å². The van der Waals surface area contributed by atoms with E-state index in [2.05, 4.69) is 19.6 Å². The molecule has 8 heteroatoms.